The van der Waals surface area contributed by atoms with Crippen molar-refractivity contribution in [3.05, 3.63) is 59.7 Å². The number of carbonyl (C=O) groups is 3. The van der Waals surface area contributed by atoms with Gasteiger partial charge in [-0.2, -0.15) is 13.2 Å². The zero-order chi connectivity index (χ0) is 24.9. The summed E-state index contributed by atoms with van der Waals surface area (Å²) in [4.78, 5) is 35.2. The average Bonchev–Trinajstić information content (AvgIpc) is 3.10. The normalized spacial score (nSPS) is 14.5. The summed E-state index contributed by atoms with van der Waals surface area (Å²) in [5.41, 5.74) is 3.67. The van der Waals surface area contributed by atoms with Gasteiger partial charge >= 0.3 is 18.2 Å². The minimum atomic E-state index is -4.99. The highest BCUT2D eigenvalue weighted by Gasteiger charge is 2.43. The Morgan fingerprint density at radius 1 is 0.971 bits per heavy atom. The zero-order valence-electron chi connectivity index (χ0n) is 17.8. The Hall–Kier alpha value is -3.60. The number of alkyl halides is 3. The molecule has 34 heavy (non-hydrogen) atoms. The number of alkyl carbamates (subject to hydrolysis) is 1. The number of halogens is 3. The second kappa shape index (κ2) is 10.6. The monoisotopic (exact) mass is 480 g/mol. The minimum Gasteiger partial charge on any atom is -0.480 e. The molecule has 0 saturated carbocycles. The van der Waals surface area contributed by atoms with Crippen molar-refractivity contribution in [2.75, 3.05) is 13.2 Å². The third kappa shape index (κ3) is 5.84. The summed E-state index contributed by atoms with van der Waals surface area (Å²) in [6, 6.07) is 10.7. The van der Waals surface area contributed by atoms with E-state index in [0.29, 0.717) is 0 Å². The van der Waals surface area contributed by atoms with Gasteiger partial charge in [0.1, 0.15) is 18.7 Å². The number of aliphatic carboxylic acids is 1. The molecule has 0 saturated heterocycles. The van der Waals surface area contributed by atoms with Crippen LogP contribution >= 0.6 is 0 Å². The van der Waals surface area contributed by atoms with Gasteiger partial charge in [0.05, 0.1) is 6.42 Å². The fraction of sp³-hybridized carbons (Fsp3) is 0.348. The molecule has 0 heterocycles. The number of amides is 2. The summed E-state index contributed by atoms with van der Waals surface area (Å²) in [7, 11) is 0. The first-order valence-corrected chi connectivity index (χ1v) is 10.4. The molecule has 2 aromatic carbocycles. The molecule has 0 aromatic heterocycles. The standard InChI is InChI=1S/C23H23F3N2O6/c24-23(25,26)19(11-20(30)27-18(9-10-29)21(31)32)28-22(33)34-12-17-15-7-3-1-5-13(15)14-6-2-4-8-16(14)17/h1-8,17-19,29H,9-12H2,(H,27,30)(H,28,33)(H,31,32)/t18-,19?/m0/s1. The SMILES string of the molecule is O=C(CC(NC(=O)OCC1c2ccccc2-c2ccccc21)C(F)(F)F)N[C@@H](CCO)C(=O)O. The van der Waals surface area contributed by atoms with E-state index in [1.54, 1.807) is 5.32 Å². The third-order valence-corrected chi connectivity index (χ3v) is 5.47. The first-order chi connectivity index (χ1) is 16.1. The van der Waals surface area contributed by atoms with E-state index in [2.05, 4.69) is 0 Å². The molecule has 2 atom stereocenters. The Balaban J connectivity index is 1.64. The van der Waals surface area contributed by atoms with Crippen LogP contribution in [0.2, 0.25) is 0 Å². The smallest absolute Gasteiger partial charge is 0.409 e. The zero-order valence-corrected chi connectivity index (χ0v) is 17.8. The summed E-state index contributed by atoms with van der Waals surface area (Å²) in [5, 5.41) is 21.4. The molecular formula is C23H23F3N2O6. The maximum Gasteiger partial charge on any atom is 0.409 e. The molecule has 4 N–H and O–H groups in total. The average molecular weight is 480 g/mol. The fourth-order valence-corrected chi connectivity index (χ4v) is 3.86. The number of benzene rings is 2. The van der Waals surface area contributed by atoms with Crippen LogP contribution in [0.15, 0.2) is 48.5 Å². The lowest BCUT2D eigenvalue weighted by molar-refractivity contribution is -0.161. The van der Waals surface area contributed by atoms with Gasteiger partial charge in [-0.25, -0.2) is 9.59 Å². The molecule has 2 aromatic rings. The van der Waals surface area contributed by atoms with Crippen LogP contribution in [0.25, 0.3) is 11.1 Å². The van der Waals surface area contributed by atoms with E-state index >= 15 is 0 Å². The van der Waals surface area contributed by atoms with E-state index in [4.69, 9.17) is 14.9 Å². The second-order valence-electron chi connectivity index (χ2n) is 7.74. The molecule has 11 heteroatoms. The van der Waals surface area contributed by atoms with Crippen LogP contribution in [0.4, 0.5) is 18.0 Å². The van der Waals surface area contributed by atoms with Crippen molar-refractivity contribution in [1.29, 1.82) is 0 Å². The van der Waals surface area contributed by atoms with Gasteiger partial charge in [-0.3, -0.25) is 4.79 Å². The van der Waals surface area contributed by atoms with Gasteiger partial charge in [-0.1, -0.05) is 48.5 Å². The van der Waals surface area contributed by atoms with Crippen LogP contribution in [0.3, 0.4) is 0 Å². The molecule has 0 bridgehead atoms. The van der Waals surface area contributed by atoms with Gasteiger partial charge in [0.15, 0.2) is 0 Å². The number of aliphatic hydroxyl groups excluding tert-OH is 1. The summed E-state index contributed by atoms with van der Waals surface area (Å²) in [5.74, 6) is -3.11. The summed E-state index contributed by atoms with van der Waals surface area (Å²) in [6.07, 6.45) is -7.97. The van der Waals surface area contributed by atoms with Crippen LogP contribution in [0, 0.1) is 0 Å². The first-order valence-electron chi connectivity index (χ1n) is 10.4. The van der Waals surface area contributed by atoms with Crippen molar-refractivity contribution in [3.8, 4) is 11.1 Å². The van der Waals surface area contributed by atoms with Gasteiger partial charge in [-0.15, -0.1) is 0 Å². The Bertz CT molecular complexity index is 1010. The van der Waals surface area contributed by atoms with Crippen molar-refractivity contribution in [2.24, 2.45) is 0 Å². The maximum absolute atomic E-state index is 13.4. The van der Waals surface area contributed by atoms with Crippen LogP contribution in [-0.2, 0) is 14.3 Å². The number of carboxylic acids is 1. The topological polar surface area (TPSA) is 125 Å². The van der Waals surface area contributed by atoms with E-state index < -0.39 is 49.3 Å². The first kappa shape index (κ1) is 25.0. The van der Waals surface area contributed by atoms with Gasteiger partial charge in [-0.05, 0) is 22.3 Å². The molecular weight excluding hydrogens is 457 g/mol. The number of hydrogen-bond acceptors (Lipinski definition) is 5. The predicted octanol–water partition coefficient (Wildman–Crippen LogP) is 2.80. The number of fused-ring (bicyclic) bond motifs is 3. The molecule has 1 aliphatic carbocycles. The Kier molecular flexibility index (Phi) is 7.77. The molecule has 182 valence electrons. The fourth-order valence-electron chi connectivity index (χ4n) is 3.86. The largest absolute Gasteiger partial charge is 0.480 e. The number of aliphatic hydroxyl groups is 1. The van der Waals surface area contributed by atoms with Crippen LogP contribution in [0.5, 0.6) is 0 Å². The summed E-state index contributed by atoms with van der Waals surface area (Å²) in [6.45, 7) is -0.799. The summed E-state index contributed by atoms with van der Waals surface area (Å²) < 4.78 is 45.3. The van der Waals surface area contributed by atoms with Crippen molar-refractivity contribution >= 4 is 18.0 Å². The molecule has 0 spiro atoms. The number of hydrogen-bond donors (Lipinski definition) is 4. The Morgan fingerprint density at radius 2 is 1.53 bits per heavy atom. The number of rotatable bonds is 9. The molecule has 0 aliphatic heterocycles. The minimum absolute atomic E-state index is 0.214. The molecule has 2 amide bonds. The highest BCUT2D eigenvalue weighted by molar-refractivity contribution is 5.84. The van der Waals surface area contributed by atoms with Crippen molar-refractivity contribution < 1.29 is 42.5 Å². The summed E-state index contributed by atoms with van der Waals surface area (Å²) >= 11 is 0. The van der Waals surface area contributed by atoms with Crippen molar-refractivity contribution in [3.63, 3.8) is 0 Å². The predicted molar refractivity (Wildman–Crippen MR) is 114 cm³/mol. The lowest BCUT2D eigenvalue weighted by Gasteiger charge is -2.22. The number of carbonyl (C=O) groups excluding carboxylic acids is 2. The van der Waals surface area contributed by atoms with E-state index in [1.165, 1.54) is 0 Å². The molecule has 8 nitrogen and oxygen atoms in total. The molecule has 1 unspecified atom stereocenters. The molecule has 1 aliphatic rings. The quantitative estimate of drug-likeness (QED) is 0.438. The molecule has 3 rings (SSSR count). The van der Waals surface area contributed by atoms with Gasteiger partial charge in [0.2, 0.25) is 5.91 Å². The van der Waals surface area contributed by atoms with Crippen molar-refractivity contribution in [2.45, 2.75) is 37.0 Å². The van der Waals surface area contributed by atoms with Crippen LogP contribution in [-0.4, -0.2) is 59.7 Å². The number of nitrogens with one attached hydrogen (secondary N) is 2. The number of carboxylic acid groups (broad SMARTS) is 1. The van der Waals surface area contributed by atoms with Crippen molar-refractivity contribution in [1.82, 2.24) is 10.6 Å². The van der Waals surface area contributed by atoms with Gasteiger partial charge < -0.3 is 25.6 Å². The van der Waals surface area contributed by atoms with E-state index in [1.807, 2.05) is 53.8 Å². The van der Waals surface area contributed by atoms with E-state index in [-0.39, 0.29) is 18.9 Å². The van der Waals surface area contributed by atoms with Crippen LogP contribution < -0.4 is 10.6 Å². The second-order valence-corrected chi connectivity index (χ2v) is 7.74. The number of ether oxygens (including phenoxy) is 1. The molecule has 0 radical (unpaired) electrons. The van der Waals surface area contributed by atoms with Crippen LogP contribution in [0.1, 0.15) is 29.9 Å². The Labute approximate surface area is 192 Å². The highest BCUT2D eigenvalue weighted by Crippen LogP contribution is 2.44. The van der Waals surface area contributed by atoms with E-state index in [9.17, 15) is 27.6 Å². The maximum atomic E-state index is 13.4. The lowest BCUT2D eigenvalue weighted by Crippen LogP contribution is -2.50. The third-order valence-electron chi connectivity index (χ3n) is 5.47. The highest BCUT2D eigenvalue weighted by atomic mass is 19.4. The Morgan fingerprint density at radius 3 is 2.03 bits per heavy atom. The van der Waals surface area contributed by atoms with E-state index in [0.717, 1.165) is 22.3 Å². The van der Waals surface area contributed by atoms with Gasteiger partial charge in [0.25, 0.3) is 0 Å². The molecule has 0 fully saturated rings. The van der Waals surface area contributed by atoms with Gasteiger partial charge in [0, 0.05) is 18.9 Å². The lowest BCUT2D eigenvalue weighted by atomic mass is 9.98.